The Balaban J connectivity index is 1.72. The zero-order chi connectivity index (χ0) is 20.2. The van der Waals surface area contributed by atoms with Gasteiger partial charge in [-0.25, -0.2) is 4.68 Å². The Morgan fingerprint density at radius 3 is 2.52 bits per heavy atom. The van der Waals surface area contributed by atoms with Gasteiger partial charge in [0.1, 0.15) is 5.69 Å². The Bertz CT molecular complexity index is 1130. The predicted molar refractivity (Wildman–Crippen MR) is 114 cm³/mol. The first kappa shape index (κ1) is 18.9. The summed E-state index contributed by atoms with van der Waals surface area (Å²) in [5.74, 6) is -0.133. The van der Waals surface area contributed by atoms with E-state index in [-0.39, 0.29) is 5.91 Å². The van der Waals surface area contributed by atoms with Crippen molar-refractivity contribution in [2.24, 2.45) is 0 Å². The Labute approximate surface area is 174 Å². The SMILES string of the molecule is CN(Cc1ccccc1Cl)C(=O)c1cn(-c2ccccc2)nc1-c1cccnc1. The largest absolute Gasteiger partial charge is 0.337 e. The molecule has 0 unspecified atom stereocenters. The molecule has 4 aromatic rings. The van der Waals surface area contributed by atoms with Crippen LogP contribution >= 0.6 is 11.6 Å². The van der Waals surface area contributed by atoms with Crippen LogP contribution in [0.15, 0.2) is 85.3 Å². The predicted octanol–water partition coefficient (Wildman–Crippen LogP) is 4.86. The van der Waals surface area contributed by atoms with Crippen molar-refractivity contribution in [1.29, 1.82) is 0 Å². The van der Waals surface area contributed by atoms with Crippen molar-refractivity contribution >= 4 is 17.5 Å². The highest BCUT2D eigenvalue weighted by atomic mass is 35.5. The van der Waals surface area contributed by atoms with Crippen molar-refractivity contribution in [3.05, 3.63) is 101 Å². The van der Waals surface area contributed by atoms with Crippen LogP contribution in [0.3, 0.4) is 0 Å². The third kappa shape index (κ3) is 4.05. The topological polar surface area (TPSA) is 51.0 Å². The lowest BCUT2D eigenvalue weighted by Gasteiger charge is -2.18. The van der Waals surface area contributed by atoms with Crippen LogP contribution in [-0.2, 0) is 6.54 Å². The van der Waals surface area contributed by atoms with E-state index in [1.165, 1.54) is 0 Å². The van der Waals surface area contributed by atoms with Gasteiger partial charge in [0.05, 0.1) is 11.3 Å². The van der Waals surface area contributed by atoms with Crippen LogP contribution < -0.4 is 0 Å². The Morgan fingerprint density at radius 2 is 1.79 bits per heavy atom. The maximum atomic E-state index is 13.3. The van der Waals surface area contributed by atoms with E-state index in [0.29, 0.717) is 22.8 Å². The minimum Gasteiger partial charge on any atom is -0.337 e. The molecule has 0 bridgehead atoms. The highest BCUT2D eigenvalue weighted by Gasteiger charge is 2.22. The molecule has 0 aliphatic carbocycles. The average Bonchev–Trinajstić information content (AvgIpc) is 3.21. The second-order valence-corrected chi connectivity index (χ2v) is 7.07. The summed E-state index contributed by atoms with van der Waals surface area (Å²) >= 11 is 6.27. The summed E-state index contributed by atoms with van der Waals surface area (Å²) in [6.07, 6.45) is 5.17. The van der Waals surface area contributed by atoms with E-state index in [9.17, 15) is 4.79 Å². The van der Waals surface area contributed by atoms with Crippen LogP contribution in [0.4, 0.5) is 0 Å². The summed E-state index contributed by atoms with van der Waals surface area (Å²) in [4.78, 5) is 19.1. The minimum atomic E-state index is -0.133. The van der Waals surface area contributed by atoms with Gasteiger partial charge in [0.15, 0.2) is 0 Å². The number of hydrogen-bond donors (Lipinski definition) is 0. The lowest BCUT2D eigenvalue weighted by molar-refractivity contribution is 0.0786. The fourth-order valence-corrected chi connectivity index (χ4v) is 3.31. The number of halogens is 1. The van der Waals surface area contributed by atoms with Crippen LogP contribution in [0, 0.1) is 0 Å². The van der Waals surface area contributed by atoms with Gasteiger partial charge in [0, 0.05) is 42.8 Å². The smallest absolute Gasteiger partial charge is 0.257 e. The summed E-state index contributed by atoms with van der Waals surface area (Å²) in [7, 11) is 1.76. The third-order valence-electron chi connectivity index (χ3n) is 4.61. The highest BCUT2D eigenvalue weighted by molar-refractivity contribution is 6.31. The van der Waals surface area contributed by atoms with E-state index < -0.39 is 0 Å². The van der Waals surface area contributed by atoms with Crippen LogP contribution in [0.25, 0.3) is 16.9 Å². The number of nitrogens with zero attached hydrogens (tertiary/aromatic N) is 4. The number of rotatable bonds is 5. The molecule has 0 radical (unpaired) electrons. The number of para-hydroxylation sites is 1. The molecule has 0 aliphatic rings. The fraction of sp³-hybridized carbons (Fsp3) is 0.0870. The Hall–Kier alpha value is -3.44. The zero-order valence-corrected chi connectivity index (χ0v) is 16.6. The normalized spacial score (nSPS) is 10.7. The number of carbonyl (C=O) groups excluding carboxylic acids is 1. The third-order valence-corrected chi connectivity index (χ3v) is 4.98. The van der Waals surface area contributed by atoms with Gasteiger partial charge in [-0.1, -0.05) is 48.0 Å². The Kier molecular flexibility index (Phi) is 5.40. The van der Waals surface area contributed by atoms with E-state index >= 15 is 0 Å². The molecule has 2 heterocycles. The van der Waals surface area contributed by atoms with Gasteiger partial charge in [-0.15, -0.1) is 0 Å². The average molecular weight is 403 g/mol. The second kappa shape index (κ2) is 8.29. The van der Waals surface area contributed by atoms with E-state index in [1.54, 1.807) is 35.2 Å². The van der Waals surface area contributed by atoms with Crippen molar-refractivity contribution in [1.82, 2.24) is 19.7 Å². The van der Waals surface area contributed by atoms with Gasteiger partial charge >= 0.3 is 0 Å². The molecule has 0 atom stereocenters. The summed E-state index contributed by atoms with van der Waals surface area (Å²) in [6.45, 7) is 0.404. The second-order valence-electron chi connectivity index (χ2n) is 6.67. The lowest BCUT2D eigenvalue weighted by atomic mass is 10.1. The minimum absolute atomic E-state index is 0.133. The van der Waals surface area contributed by atoms with Gasteiger partial charge in [0.25, 0.3) is 5.91 Å². The highest BCUT2D eigenvalue weighted by Crippen LogP contribution is 2.25. The fourth-order valence-electron chi connectivity index (χ4n) is 3.12. The van der Waals surface area contributed by atoms with Gasteiger partial charge in [-0.05, 0) is 35.9 Å². The van der Waals surface area contributed by atoms with Gasteiger partial charge < -0.3 is 4.90 Å². The van der Waals surface area contributed by atoms with Gasteiger partial charge in [0.2, 0.25) is 0 Å². The summed E-state index contributed by atoms with van der Waals surface area (Å²) < 4.78 is 1.72. The van der Waals surface area contributed by atoms with Crippen molar-refractivity contribution in [2.45, 2.75) is 6.54 Å². The van der Waals surface area contributed by atoms with Crippen molar-refractivity contribution < 1.29 is 4.79 Å². The maximum absolute atomic E-state index is 13.3. The summed E-state index contributed by atoms with van der Waals surface area (Å²) in [5.41, 5.74) is 3.67. The molecule has 144 valence electrons. The van der Waals surface area contributed by atoms with E-state index in [1.807, 2.05) is 66.7 Å². The zero-order valence-electron chi connectivity index (χ0n) is 15.9. The van der Waals surface area contributed by atoms with E-state index in [0.717, 1.165) is 16.8 Å². The molecule has 0 aliphatic heterocycles. The molecule has 29 heavy (non-hydrogen) atoms. The quantitative estimate of drug-likeness (QED) is 0.479. The van der Waals surface area contributed by atoms with Crippen molar-refractivity contribution in [2.75, 3.05) is 7.05 Å². The molecule has 0 saturated heterocycles. The monoisotopic (exact) mass is 402 g/mol. The molecular formula is C23H19ClN4O. The van der Waals surface area contributed by atoms with Crippen LogP contribution in [0.5, 0.6) is 0 Å². The number of carbonyl (C=O) groups is 1. The number of pyridine rings is 1. The maximum Gasteiger partial charge on any atom is 0.257 e. The van der Waals surface area contributed by atoms with E-state index in [4.69, 9.17) is 11.6 Å². The molecule has 2 aromatic carbocycles. The molecule has 2 aromatic heterocycles. The molecule has 4 rings (SSSR count). The van der Waals surface area contributed by atoms with Gasteiger partial charge in [-0.3, -0.25) is 9.78 Å². The molecule has 1 amide bonds. The first-order valence-electron chi connectivity index (χ1n) is 9.18. The lowest BCUT2D eigenvalue weighted by Crippen LogP contribution is -2.26. The van der Waals surface area contributed by atoms with Crippen molar-refractivity contribution in [3.8, 4) is 16.9 Å². The first-order chi connectivity index (χ1) is 14.1. The Morgan fingerprint density at radius 1 is 1.03 bits per heavy atom. The number of benzene rings is 2. The summed E-state index contributed by atoms with van der Waals surface area (Å²) in [5, 5.41) is 5.32. The van der Waals surface area contributed by atoms with E-state index in [2.05, 4.69) is 10.1 Å². The van der Waals surface area contributed by atoms with Crippen LogP contribution in [0.2, 0.25) is 5.02 Å². The number of hydrogen-bond acceptors (Lipinski definition) is 3. The molecular weight excluding hydrogens is 384 g/mol. The number of amides is 1. The molecule has 6 heteroatoms. The molecule has 0 spiro atoms. The molecule has 0 saturated carbocycles. The molecule has 0 fully saturated rings. The van der Waals surface area contributed by atoms with Gasteiger partial charge in [-0.2, -0.15) is 5.10 Å². The molecule has 5 nitrogen and oxygen atoms in total. The first-order valence-corrected chi connectivity index (χ1v) is 9.55. The van der Waals surface area contributed by atoms with Crippen LogP contribution in [-0.4, -0.2) is 32.6 Å². The molecule has 0 N–H and O–H groups in total. The summed E-state index contributed by atoms with van der Waals surface area (Å²) in [6, 6.07) is 21.0. The van der Waals surface area contributed by atoms with Crippen LogP contribution in [0.1, 0.15) is 15.9 Å². The van der Waals surface area contributed by atoms with Crippen molar-refractivity contribution in [3.63, 3.8) is 0 Å². The standard InChI is InChI=1S/C23H19ClN4O/c1-27(15-18-8-5-6-12-21(18)24)23(29)20-16-28(19-10-3-2-4-11-19)26-22(20)17-9-7-13-25-14-17/h2-14,16H,15H2,1H3. The number of aromatic nitrogens is 3.